The highest BCUT2D eigenvalue weighted by atomic mass is 79.9. The van der Waals surface area contributed by atoms with Crippen LogP contribution < -0.4 is 5.32 Å². The summed E-state index contributed by atoms with van der Waals surface area (Å²) in [5.41, 5.74) is 0.852. The monoisotopic (exact) mass is 297 g/mol. The molecular weight excluding hydrogens is 282 g/mol. The van der Waals surface area contributed by atoms with Crippen molar-refractivity contribution >= 4 is 27.5 Å². The molecule has 0 atom stereocenters. The van der Waals surface area contributed by atoms with Gasteiger partial charge in [-0.2, -0.15) is 0 Å². The van der Waals surface area contributed by atoms with Crippen LogP contribution in [-0.4, -0.2) is 19.1 Å². The van der Waals surface area contributed by atoms with Crippen molar-refractivity contribution in [1.82, 2.24) is 0 Å². The van der Waals surface area contributed by atoms with Gasteiger partial charge >= 0.3 is 0 Å². The minimum atomic E-state index is 0.0965. The topological polar surface area (TPSA) is 38.3 Å². The first-order valence-electron chi connectivity index (χ1n) is 5.87. The number of benzene rings is 1. The van der Waals surface area contributed by atoms with Crippen molar-refractivity contribution < 1.29 is 9.53 Å². The van der Waals surface area contributed by atoms with Crippen molar-refractivity contribution in [3.05, 3.63) is 28.7 Å². The molecule has 2 rings (SSSR count). The molecule has 1 aromatic carbocycles. The summed E-state index contributed by atoms with van der Waals surface area (Å²) in [6.45, 7) is 1.58. The molecule has 0 aliphatic carbocycles. The van der Waals surface area contributed by atoms with E-state index in [2.05, 4.69) is 21.2 Å². The van der Waals surface area contributed by atoms with E-state index in [1.807, 2.05) is 24.3 Å². The Labute approximate surface area is 110 Å². The van der Waals surface area contributed by atoms with Crippen LogP contribution >= 0.6 is 15.9 Å². The molecule has 1 fully saturated rings. The molecule has 1 aliphatic heterocycles. The van der Waals surface area contributed by atoms with E-state index in [-0.39, 0.29) is 5.91 Å². The standard InChI is InChI=1S/C13H16BrNO2/c14-11-1-3-12(4-2-11)15-13(16)9-10-5-7-17-8-6-10/h1-4,10H,5-9H2,(H,15,16). The van der Waals surface area contributed by atoms with Crippen molar-refractivity contribution in [3.63, 3.8) is 0 Å². The lowest BCUT2D eigenvalue weighted by Gasteiger charge is -2.21. The largest absolute Gasteiger partial charge is 0.381 e. The Balaban J connectivity index is 1.82. The summed E-state index contributed by atoms with van der Waals surface area (Å²) in [4.78, 5) is 11.8. The van der Waals surface area contributed by atoms with Crippen molar-refractivity contribution in [3.8, 4) is 0 Å². The van der Waals surface area contributed by atoms with E-state index in [4.69, 9.17) is 4.74 Å². The van der Waals surface area contributed by atoms with Gasteiger partial charge in [-0.1, -0.05) is 15.9 Å². The van der Waals surface area contributed by atoms with Gasteiger partial charge in [0.2, 0.25) is 5.91 Å². The summed E-state index contributed by atoms with van der Waals surface area (Å²) in [5.74, 6) is 0.568. The van der Waals surface area contributed by atoms with E-state index >= 15 is 0 Å². The molecule has 92 valence electrons. The highest BCUT2D eigenvalue weighted by Crippen LogP contribution is 2.20. The van der Waals surface area contributed by atoms with Crippen LogP contribution in [0.3, 0.4) is 0 Å². The quantitative estimate of drug-likeness (QED) is 0.930. The van der Waals surface area contributed by atoms with E-state index in [1.54, 1.807) is 0 Å². The summed E-state index contributed by atoms with van der Waals surface area (Å²) >= 11 is 3.36. The Kier molecular flexibility index (Phi) is 4.57. The van der Waals surface area contributed by atoms with E-state index < -0.39 is 0 Å². The summed E-state index contributed by atoms with van der Waals surface area (Å²) in [7, 11) is 0. The summed E-state index contributed by atoms with van der Waals surface area (Å²) in [6, 6.07) is 7.63. The minimum Gasteiger partial charge on any atom is -0.381 e. The number of ether oxygens (including phenoxy) is 1. The van der Waals surface area contributed by atoms with Crippen LogP contribution in [0.15, 0.2) is 28.7 Å². The Morgan fingerprint density at radius 3 is 2.59 bits per heavy atom. The first-order chi connectivity index (χ1) is 8.24. The van der Waals surface area contributed by atoms with Gasteiger partial charge in [0.1, 0.15) is 0 Å². The number of carbonyl (C=O) groups excluding carboxylic acids is 1. The number of rotatable bonds is 3. The van der Waals surface area contributed by atoms with Crippen LogP contribution in [0.25, 0.3) is 0 Å². The Bertz CT molecular complexity index is 372. The first-order valence-corrected chi connectivity index (χ1v) is 6.66. The van der Waals surface area contributed by atoms with E-state index in [0.29, 0.717) is 12.3 Å². The Hall–Kier alpha value is -0.870. The van der Waals surface area contributed by atoms with Crippen LogP contribution in [0.5, 0.6) is 0 Å². The average Bonchev–Trinajstić information content (AvgIpc) is 2.33. The number of hydrogen-bond donors (Lipinski definition) is 1. The smallest absolute Gasteiger partial charge is 0.224 e. The lowest BCUT2D eigenvalue weighted by molar-refractivity contribution is -0.117. The molecule has 1 aromatic rings. The lowest BCUT2D eigenvalue weighted by Crippen LogP contribution is -2.22. The van der Waals surface area contributed by atoms with Gasteiger partial charge in [0.25, 0.3) is 0 Å². The number of nitrogens with one attached hydrogen (secondary N) is 1. The van der Waals surface area contributed by atoms with Gasteiger partial charge in [-0.3, -0.25) is 4.79 Å². The molecule has 0 spiro atoms. The molecule has 0 bridgehead atoms. The molecular formula is C13H16BrNO2. The van der Waals surface area contributed by atoms with Gasteiger partial charge in [-0.15, -0.1) is 0 Å². The third kappa shape index (κ3) is 4.13. The predicted octanol–water partition coefficient (Wildman–Crippen LogP) is 3.20. The molecule has 1 amide bonds. The molecule has 1 N–H and O–H groups in total. The minimum absolute atomic E-state index is 0.0965. The highest BCUT2D eigenvalue weighted by molar-refractivity contribution is 9.10. The van der Waals surface area contributed by atoms with Crippen LogP contribution in [0.2, 0.25) is 0 Å². The van der Waals surface area contributed by atoms with Crippen molar-refractivity contribution in [1.29, 1.82) is 0 Å². The second-order valence-corrected chi connectivity index (χ2v) is 5.23. The molecule has 1 heterocycles. The van der Waals surface area contributed by atoms with E-state index in [9.17, 15) is 4.79 Å². The van der Waals surface area contributed by atoms with Crippen LogP contribution in [-0.2, 0) is 9.53 Å². The fourth-order valence-corrected chi connectivity index (χ4v) is 2.22. The fraction of sp³-hybridized carbons (Fsp3) is 0.462. The normalized spacial score (nSPS) is 16.8. The zero-order valence-corrected chi connectivity index (χ0v) is 11.2. The molecule has 1 aliphatic rings. The zero-order chi connectivity index (χ0) is 12.1. The van der Waals surface area contributed by atoms with Gasteiger partial charge in [0.05, 0.1) is 0 Å². The van der Waals surface area contributed by atoms with Crippen LogP contribution in [0.4, 0.5) is 5.69 Å². The molecule has 3 nitrogen and oxygen atoms in total. The van der Waals surface area contributed by atoms with Gasteiger partial charge in [-0.05, 0) is 43.0 Å². The highest BCUT2D eigenvalue weighted by Gasteiger charge is 2.17. The fourth-order valence-electron chi connectivity index (χ4n) is 1.96. The maximum Gasteiger partial charge on any atom is 0.224 e. The number of anilines is 1. The molecule has 0 unspecified atom stereocenters. The van der Waals surface area contributed by atoms with Gasteiger partial charge in [-0.25, -0.2) is 0 Å². The van der Waals surface area contributed by atoms with Crippen LogP contribution in [0, 0.1) is 5.92 Å². The number of hydrogen-bond acceptors (Lipinski definition) is 2. The number of halogens is 1. The van der Waals surface area contributed by atoms with Crippen molar-refractivity contribution in [2.45, 2.75) is 19.3 Å². The third-order valence-electron chi connectivity index (χ3n) is 2.94. The number of carbonyl (C=O) groups is 1. The summed E-state index contributed by atoms with van der Waals surface area (Å²) < 4.78 is 6.29. The lowest BCUT2D eigenvalue weighted by atomic mass is 9.96. The SMILES string of the molecule is O=C(CC1CCOCC1)Nc1ccc(Br)cc1. The summed E-state index contributed by atoms with van der Waals surface area (Å²) in [5, 5.41) is 2.92. The van der Waals surface area contributed by atoms with E-state index in [1.165, 1.54) is 0 Å². The molecule has 0 aromatic heterocycles. The van der Waals surface area contributed by atoms with Gasteiger partial charge < -0.3 is 10.1 Å². The molecule has 0 saturated carbocycles. The Morgan fingerprint density at radius 1 is 1.29 bits per heavy atom. The summed E-state index contributed by atoms with van der Waals surface area (Å²) in [6.07, 6.45) is 2.58. The van der Waals surface area contributed by atoms with Crippen molar-refractivity contribution in [2.24, 2.45) is 5.92 Å². The molecule has 17 heavy (non-hydrogen) atoms. The second-order valence-electron chi connectivity index (χ2n) is 4.31. The van der Waals surface area contributed by atoms with E-state index in [0.717, 1.165) is 36.2 Å². The first kappa shape index (κ1) is 12.6. The zero-order valence-electron chi connectivity index (χ0n) is 9.62. The van der Waals surface area contributed by atoms with Gasteiger partial charge in [0, 0.05) is 29.8 Å². The third-order valence-corrected chi connectivity index (χ3v) is 3.47. The molecule has 4 heteroatoms. The van der Waals surface area contributed by atoms with Crippen LogP contribution in [0.1, 0.15) is 19.3 Å². The maximum atomic E-state index is 11.8. The van der Waals surface area contributed by atoms with Crippen molar-refractivity contribution in [2.75, 3.05) is 18.5 Å². The Morgan fingerprint density at radius 2 is 1.94 bits per heavy atom. The number of amides is 1. The average molecular weight is 298 g/mol. The molecule has 0 radical (unpaired) electrons. The second kappa shape index (κ2) is 6.17. The maximum absolute atomic E-state index is 11.8. The van der Waals surface area contributed by atoms with Gasteiger partial charge in [0.15, 0.2) is 0 Å². The predicted molar refractivity (Wildman–Crippen MR) is 70.9 cm³/mol. The molecule has 1 saturated heterocycles.